The van der Waals surface area contributed by atoms with Crippen molar-refractivity contribution in [1.29, 1.82) is 0 Å². The van der Waals surface area contributed by atoms with Crippen molar-refractivity contribution in [2.75, 3.05) is 7.11 Å². The van der Waals surface area contributed by atoms with Crippen LogP contribution in [0.4, 0.5) is 0 Å². The minimum absolute atomic E-state index is 0.194. The van der Waals surface area contributed by atoms with E-state index in [0.717, 1.165) is 22.8 Å². The Morgan fingerprint density at radius 1 is 1.45 bits per heavy atom. The lowest BCUT2D eigenvalue weighted by Gasteiger charge is -2.09. The summed E-state index contributed by atoms with van der Waals surface area (Å²) in [5, 5.41) is 4.49. The van der Waals surface area contributed by atoms with E-state index in [0.29, 0.717) is 6.42 Å². The van der Waals surface area contributed by atoms with Crippen LogP contribution in [0.2, 0.25) is 0 Å². The van der Waals surface area contributed by atoms with Gasteiger partial charge in [-0.3, -0.25) is 4.79 Å². The lowest BCUT2D eigenvalue weighted by atomic mass is 10.00. The molecule has 0 aliphatic rings. The van der Waals surface area contributed by atoms with Crippen molar-refractivity contribution in [3.8, 4) is 5.82 Å². The number of esters is 1. The SMILES string of the molecule is COC(=O)C(C)Cc1c(C)nn(-c2ccncn2)c1C. The molecule has 2 aromatic heterocycles. The van der Waals surface area contributed by atoms with Crippen LogP contribution < -0.4 is 0 Å². The van der Waals surface area contributed by atoms with Crippen LogP contribution in [0.25, 0.3) is 5.82 Å². The number of nitrogens with zero attached hydrogens (tertiary/aromatic N) is 4. The molecule has 0 aliphatic heterocycles. The van der Waals surface area contributed by atoms with Crippen molar-refractivity contribution in [3.63, 3.8) is 0 Å². The molecular weight excluding hydrogens is 256 g/mol. The molecule has 0 bridgehead atoms. The summed E-state index contributed by atoms with van der Waals surface area (Å²) in [6.45, 7) is 5.76. The zero-order chi connectivity index (χ0) is 14.7. The van der Waals surface area contributed by atoms with Gasteiger partial charge in [-0.25, -0.2) is 14.6 Å². The summed E-state index contributed by atoms with van der Waals surface area (Å²) in [5.41, 5.74) is 2.94. The average molecular weight is 274 g/mol. The molecule has 20 heavy (non-hydrogen) atoms. The lowest BCUT2D eigenvalue weighted by molar-refractivity contribution is -0.144. The van der Waals surface area contributed by atoms with Gasteiger partial charge in [-0.15, -0.1) is 0 Å². The molecular formula is C14H18N4O2. The third kappa shape index (κ3) is 2.68. The quantitative estimate of drug-likeness (QED) is 0.792. The molecule has 6 nitrogen and oxygen atoms in total. The van der Waals surface area contributed by atoms with Gasteiger partial charge in [-0.1, -0.05) is 6.92 Å². The first-order valence-corrected chi connectivity index (χ1v) is 6.44. The van der Waals surface area contributed by atoms with E-state index >= 15 is 0 Å². The highest BCUT2D eigenvalue weighted by Gasteiger charge is 2.20. The van der Waals surface area contributed by atoms with Crippen LogP contribution in [0, 0.1) is 19.8 Å². The van der Waals surface area contributed by atoms with Gasteiger partial charge in [0, 0.05) is 18.0 Å². The molecule has 0 saturated heterocycles. The molecule has 1 unspecified atom stereocenters. The highest BCUT2D eigenvalue weighted by atomic mass is 16.5. The molecule has 1 atom stereocenters. The number of carbonyl (C=O) groups is 1. The topological polar surface area (TPSA) is 69.9 Å². The molecule has 0 amide bonds. The van der Waals surface area contributed by atoms with Crippen LogP contribution in [0.3, 0.4) is 0 Å². The second kappa shape index (κ2) is 5.81. The van der Waals surface area contributed by atoms with Gasteiger partial charge in [0.15, 0.2) is 5.82 Å². The zero-order valence-electron chi connectivity index (χ0n) is 12.1. The van der Waals surface area contributed by atoms with Crippen molar-refractivity contribution >= 4 is 5.97 Å². The fraction of sp³-hybridized carbons (Fsp3) is 0.429. The molecule has 0 aromatic carbocycles. The predicted octanol–water partition coefficient (Wildman–Crippen LogP) is 1.63. The Morgan fingerprint density at radius 3 is 2.80 bits per heavy atom. The van der Waals surface area contributed by atoms with Crippen molar-refractivity contribution in [1.82, 2.24) is 19.7 Å². The lowest BCUT2D eigenvalue weighted by Crippen LogP contribution is -2.16. The minimum Gasteiger partial charge on any atom is -0.469 e. The molecule has 0 aliphatic carbocycles. The number of carbonyl (C=O) groups excluding carboxylic acids is 1. The Morgan fingerprint density at radius 2 is 2.20 bits per heavy atom. The molecule has 0 N–H and O–H groups in total. The summed E-state index contributed by atoms with van der Waals surface area (Å²) in [4.78, 5) is 19.6. The summed E-state index contributed by atoms with van der Waals surface area (Å²) in [6.07, 6.45) is 3.77. The molecule has 106 valence electrons. The van der Waals surface area contributed by atoms with Gasteiger partial charge in [0.05, 0.1) is 18.7 Å². The van der Waals surface area contributed by atoms with E-state index in [-0.39, 0.29) is 11.9 Å². The van der Waals surface area contributed by atoms with Gasteiger partial charge in [-0.05, 0) is 25.8 Å². The first-order valence-electron chi connectivity index (χ1n) is 6.44. The fourth-order valence-corrected chi connectivity index (χ4v) is 2.19. The number of aromatic nitrogens is 4. The molecule has 6 heteroatoms. The third-order valence-electron chi connectivity index (χ3n) is 3.34. The maximum absolute atomic E-state index is 11.5. The van der Waals surface area contributed by atoms with Crippen LogP contribution in [0.15, 0.2) is 18.6 Å². The average Bonchev–Trinajstić information content (AvgIpc) is 2.75. The highest BCUT2D eigenvalue weighted by molar-refractivity contribution is 5.72. The fourth-order valence-electron chi connectivity index (χ4n) is 2.19. The van der Waals surface area contributed by atoms with E-state index in [9.17, 15) is 4.79 Å². The normalized spacial score (nSPS) is 12.2. The van der Waals surface area contributed by atoms with Gasteiger partial charge in [0.1, 0.15) is 6.33 Å². The van der Waals surface area contributed by atoms with Crippen molar-refractivity contribution in [2.24, 2.45) is 5.92 Å². The highest BCUT2D eigenvalue weighted by Crippen LogP contribution is 2.20. The molecule has 0 fully saturated rings. The molecule has 2 aromatic rings. The predicted molar refractivity (Wildman–Crippen MR) is 73.5 cm³/mol. The Balaban J connectivity index is 2.33. The Kier molecular flexibility index (Phi) is 4.12. The monoisotopic (exact) mass is 274 g/mol. The molecule has 2 heterocycles. The van der Waals surface area contributed by atoms with Crippen LogP contribution in [-0.2, 0) is 16.0 Å². The minimum atomic E-state index is -0.210. The molecule has 2 rings (SSSR count). The van der Waals surface area contributed by atoms with Crippen LogP contribution in [-0.4, -0.2) is 32.8 Å². The number of ether oxygens (including phenoxy) is 1. The third-order valence-corrected chi connectivity index (χ3v) is 3.34. The van der Waals surface area contributed by atoms with Crippen molar-refractivity contribution in [2.45, 2.75) is 27.2 Å². The van der Waals surface area contributed by atoms with Crippen molar-refractivity contribution < 1.29 is 9.53 Å². The van der Waals surface area contributed by atoms with E-state index in [2.05, 4.69) is 15.1 Å². The Hall–Kier alpha value is -2.24. The molecule has 0 saturated carbocycles. The van der Waals surface area contributed by atoms with E-state index in [1.165, 1.54) is 13.4 Å². The van der Waals surface area contributed by atoms with Gasteiger partial charge in [-0.2, -0.15) is 5.10 Å². The maximum Gasteiger partial charge on any atom is 0.308 e. The summed E-state index contributed by atoms with van der Waals surface area (Å²) < 4.78 is 6.54. The summed E-state index contributed by atoms with van der Waals surface area (Å²) in [5.74, 6) is 0.316. The number of hydrogen-bond acceptors (Lipinski definition) is 5. The number of methoxy groups -OCH3 is 1. The number of hydrogen-bond donors (Lipinski definition) is 0. The second-order valence-corrected chi connectivity index (χ2v) is 4.76. The van der Waals surface area contributed by atoms with E-state index < -0.39 is 0 Å². The van der Waals surface area contributed by atoms with Crippen LogP contribution in [0.1, 0.15) is 23.9 Å². The molecule has 0 radical (unpaired) electrons. The molecule has 0 spiro atoms. The smallest absolute Gasteiger partial charge is 0.308 e. The number of rotatable bonds is 4. The first-order chi connectivity index (χ1) is 9.54. The van der Waals surface area contributed by atoms with Gasteiger partial charge in [0.25, 0.3) is 0 Å². The van der Waals surface area contributed by atoms with E-state index in [4.69, 9.17) is 4.74 Å². The van der Waals surface area contributed by atoms with Crippen LogP contribution in [0.5, 0.6) is 0 Å². The van der Waals surface area contributed by atoms with Crippen molar-refractivity contribution in [3.05, 3.63) is 35.5 Å². The van der Waals surface area contributed by atoms with E-state index in [1.807, 2.05) is 20.8 Å². The van der Waals surface area contributed by atoms with Gasteiger partial charge >= 0.3 is 5.97 Å². The summed E-state index contributed by atoms with van der Waals surface area (Å²) in [7, 11) is 1.41. The van der Waals surface area contributed by atoms with Gasteiger partial charge in [0.2, 0.25) is 0 Å². The zero-order valence-corrected chi connectivity index (χ0v) is 12.1. The van der Waals surface area contributed by atoms with Gasteiger partial charge < -0.3 is 4.74 Å². The summed E-state index contributed by atoms with van der Waals surface area (Å²) >= 11 is 0. The maximum atomic E-state index is 11.5. The standard InChI is InChI=1S/C14H18N4O2/c1-9(14(19)20-4)7-12-10(2)17-18(11(12)3)13-5-6-15-8-16-13/h5-6,8-9H,7H2,1-4H3. The Labute approximate surface area is 117 Å². The Bertz CT molecular complexity index is 607. The number of aryl methyl sites for hydroxylation is 1. The first kappa shape index (κ1) is 14.2. The summed E-state index contributed by atoms with van der Waals surface area (Å²) in [6, 6.07) is 1.80. The second-order valence-electron chi connectivity index (χ2n) is 4.76. The largest absolute Gasteiger partial charge is 0.469 e. The van der Waals surface area contributed by atoms with E-state index in [1.54, 1.807) is 16.9 Å². The van der Waals surface area contributed by atoms with Crippen LogP contribution >= 0.6 is 0 Å².